The summed E-state index contributed by atoms with van der Waals surface area (Å²) in [6.07, 6.45) is 9.60. The number of hydrogen-bond acceptors (Lipinski definition) is 3. The molecule has 1 atom stereocenters. The molecular formula is C28H36N4O. The molecule has 4 rings (SSSR count). The molecule has 1 saturated heterocycles. The number of aromatic nitrogens is 2. The van der Waals surface area contributed by atoms with E-state index in [0.29, 0.717) is 6.04 Å². The lowest BCUT2D eigenvalue weighted by molar-refractivity contribution is 0.0429. The first-order valence-corrected chi connectivity index (χ1v) is 12.2. The van der Waals surface area contributed by atoms with Gasteiger partial charge in [-0.05, 0) is 37.1 Å². The number of carbonyl (C=O) groups excluding carboxylic acids is 1. The van der Waals surface area contributed by atoms with Crippen molar-refractivity contribution in [3.63, 3.8) is 0 Å². The first-order chi connectivity index (χ1) is 16.1. The van der Waals surface area contributed by atoms with E-state index in [1.54, 1.807) is 0 Å². The summed E-state index contributed by atoms with van der Waals surface area (Å²) in [4.78, 5) is 22.6. The number of benzene rings is 2. The lowest BCUT2D eigenvalue weighted by Gasteiger charge is -2.41. The molecule has 33 heavy (non-hydrogen) atoms. The summed E-state index contributed by atoms with van der Waals surface area (Å²) < 4.78 is 2.23. The van der Waals surface area contributed by atoms with Crippen molar-refractivity contribution in [2.24, 2.45) is 0 Å². The first-order valence-electron chi connectivity index (χ1n) is 12.2. The summed E-state index contributed by atoms with van der Waals surface area (Å²) in [5.74, 6) is 0.154. The zero-order chi connectivity index (χ0) is 23.2. The Morgan fingerprint density at radius 2 is 1.94 bits per heavy atom. The molecule has 0 spiro atoms. The zero-order valence-corrected chi connectivity index (χ0v) is 20.2. The summed E-state index contributed by atoms with van der Waals surface area (Å²) >= 11 is 0. The number of imidazole rings is 1. The van der Waals surface area contributed by atoms with Crippen molar-refractivity contribution in [2.75, 3.05) is 19.6 Å². The van der Waals surface area contributed by atoms with Crippen LogP contribution in [0.1, 0.15) is 56.1 Å². The van der Waals surface area contributed by atoms with Gasteiger partial charge in [0.15, 0.2) is 0 Å². The molecule has 0 bridgehead atoms. The van der Waals surface area contributed by atoms with E-state index in [4.69, 9.17) is 0 Å². The number of nitrogens with zero attached hydrogens (tertiary/aromatic N) is 4. The molecule has 0 unspecified atom stereocenters. The van der Waals surface area contributed by atoms with E-state index in [9.17, 15) is 4.79 Å². The Morgan fingerprint density at radius 3 is 2.76 bits per heavy atom. The average molecular weight is 445 g/mol. The second-order valence-electron chi connectivity index (χ2n) is 9.36. The van der Waals surface area contributed by atoms with Crippen LogP contribution in [0.25, 0.3) is 10.8 Å². The van der Waals surface area contributed by atoms with Crippen LogP contribution in [0.2, 0.25) is 0 Å². The molecule has 1 aliphatic heterocycles. The molecule has 0 aliphatic carbocycles. The molecule has 1 fully saturated rings. The normalized spacial score (nSPS) is 16.8. The van der Waals surface area contributed by atoms with Gasteiger partial charge in [-0.15, -0.1) is 0 Å². The van der Waals surface area contributed by atoms with Crippen molar-refractivity contribution < 1.29 is 4.79 Å². The molecule has 5 heteroatoms. The lowest BCUT2D eigenvalue weighted by Crippen LogP contribution is -2.54. The van der Waals surface area contributed by atoms with Crippen LogP contribution in [-0.4, -0.2) is 50.9 Å². The molecule has 5 nitrogen and oxygen atoms in total. The molecule has 2 heterocycles. The highest BCUT2D eigenvalue weighted by atomic mass is 16.2. The van der Waals surface area contributed by atoms with Gasteiger partial charge in [-0.2, -0.15) is 0 Å². The molecule has 1 aromatic heterocycles. The Kier molecular flexibility index (Phi) is 7.61. The van der Waals surface area contributed by atoms with Gasteiger partial charge in [-0.3, -0.25) is 9.69 Å². The van der Waals surface area contributed by atoms with Crippen LogP contribution < -0.4 is 0 Å². The quantitative estimate of drug-likeness (QED) is 0.430. The van der Waals surface area contributed by atoms with Crippen molar-refractivity contribution in [1.29, 1.82) is 0 Å². The SMILES string of the molecule is CCCC[C@H]1CN(C(=O)c2cccc3ccccc23)CCN1Cc1cncn1CC=C(C)C. The van der Waals surface area contributed by atoms with Crippen LogP contribution in [0.5, 0.6) is 0 Å². The van der Waals surface area contributed by atoms with E-state index in [-0.39, 0.29) is 5.91 Å². The number of allylic oxidation sites excluding steroid dienone is 2. The molecule has 2 aromatic carbocycles. The monoisotopic (exact) mass is 444 g/mol. The van der Waals surface area contributed by atoms with Crippen LogP contribution in [0.4, 0.5) is 0 Å². The minimum absolute atomic E-state index is 0.154. The second kappa shape index (κ2) is 10.8. The van der Waals surface area contributed by atoms with Crippen molar-refractivity contribution in [3.05, 3.63) is 77.9 Å². The van der Waals surface area contributed by atoms with E-state index in [0.717, 1.165) is 55.5 Å². The van der Waals surface area contributed by atoms with Gasteiger partial charge in [0.1, 0.15) is 0 Å². The summed E-state index contributed by atoms with van der Waals surface area (Å²) in [7, 11) is 0. The van der Waals surface area contributed by atoms with Gasteiger partial charge in [0.25, 0.3) is 5.91 Å². The number of fused-ring (bicyclic) bond motifs is 1. The van der Waals surface area contributed by atoms with E-state index in [1.807, 2.05) is 36.8 Å². The number of piperazine rings is 1. The van der Waals surface area contributed by atoms with Gasteiger partial charge >= 0.3 is 0 Å². The maximum Gasteiger partial charge on any atom is 0.254 e. The number of hydrogen-bond donors (Lipinski definition) is 0. The average Bonchev–Trinajstić information content (AvgIpc) is 3.28. The highest BCUT2D eigenvalue weighted by Crippen LogP contribution is 2.24. The Labute approximate surface area is 197 Å². The number of rotatable bonds is 8. The predicted molar refractivity (Wildman–Crippen MR) is 135 cm³/mol. The fourth-order valence-corrected chi connectivity index (χ4v) is 4.71. The van der Waals surface area contributed by atoms with Gasteiger partial charge < -0.3 is 9.47 Å². The van der Waals surface area contributed by atoms with Gasteiger partial charge in [-0.25, -0.2) is 4.98 Å². The minimum Gasteiger partial charge on any atom is -0.336 e. The standard InChI is InChI=1S/C28H36N4O/c1-4-5-11-24-19-31(28(33)27-13-8-10-23-9-6-7-12-26(23)27)17-16-30(24)20-25-18-29-21-32(25)15-14-22(2)3/h6-10,12-14,18,21,24H,4-5,11,15-17,19-20H2,1-3H3/t24-/m0/s1. The van der Waals surface area contributed by atoms with Gasteiger partial charge in [0.05, 0.1) is 12.0 Å². The van der Waals surface area contributed by atoms with Gasteiger partial charge in [0, 0.05) is 50.5 Å². The van der Waals surface area contributed by atoms with Gasteiger partial charge in [0.2, 0.25) is 0 Å². The fraction of sp³-hybridized carbons (Fsp3) is 0.429. The van der Waals surface area contributed by atoms with Crippen LogP contribution in [0.3, 0.4) is 0 Å². The fourth-order valence-electron chi connectivity index (χ4n) is 4.71. The van der Waals surface area contributed by atoms with Crippen LogP contribution in [0.15, 0.2) is 66.6 Å². The number of unbranched alkanes of at least 4 members (excludes halogenated alkanes) is 1. The Balaban J connectivity index is 1.50. The van der Waals surface area contributed by atoms with Crippen molar-refractivity contribution in [2.45, 2.75) is 59.2 Å². The molecule has 0 radical (unpaired) electrons. The second-order valence-corrected chi connectivity index (χ2v) is 9.36. The number of carbonyl (C=O) groups is 1. The van der Waals surface area contributed by atoms with Gasteiger partial charge in [-0.1, -0.05) is 67.8 Å². The highest BCUT2D eigenvalue weighted by molar-refractivity contribution is 6.07. The molecular weight excluding hydrogens is 408 g/mol. The minimum atomic E-state index is 0.154. The van der Waals surface area contributed by atoms with Crippen LogP contribution in [-0.2, 0) is 13.1 Å². The highest BCUT2D eigenvalue weighted by Gasteiger charge is 2.30. The van der Waals surface area contributed by atoms with E-state index in [1.165, 1.54) is 24.1 Å². The summed E-state index contributed by atoms with van der Waals surface area (Å²) in [6.45, 7) is 10.7. The van der Waals surface area contributed by atoms with E-state index >= 15 is 0 Å². The zero-order valence-electron chi connectivity index (χ0n) is 20.2. The lowest BCUT2D eigenvalue weighted by atomic mass is 10.0. The molecule has 0 N–H and O–H groups in total. The third kappa shape index (κ3) is 5.53. The van der Waals surface area contributed by atoms with Crippen molar-refractivity contribution >= 4 is 16.7 Å². The smallest absolute Gasteiger partial charge is 0.254 e. The third-order valence-corrected chi connectivity index (χ3v) is 6.66. The molecule has 1 amide bonds. The first kappa shape index (κ1) is 23.2. The van der Waals surface area contributed by atoms with Crippen LogP contribution >= 0.6 is 0 Å². The molecule has 0 saturated carbocycles. The van der Waals surface area contributed by atoms with E-state index < -0.39 is 0 Å². The number of amides is 1. The topological polar surface area (TPSA) is 41.4 Å². The third-order valence-electron chi connectivity index (χ3n) is 6.66. The van der Waals surface area contributed by atoms with E-state index in [2.05, 4.69) is 64.4 Å². The maximum atomic E-state index is 13.5. The maximum absolute atomic E-state index is 13.5. The predicted octanol–water partition coefficient (Wildman–Crippen LogP) is 5.52. The summed E-state index contributed by atoms with van der Waals surface area (Å²) in [5.41, 5.74) is 3.37. The molecule has 174 valence electrons. The molecule has 1 aliphatic rings. The van der Waals surface area contributed by atoms with Crippen molar-refractivity contribution in [1.82, 2.24) is 19.4 Å². The van der Waals surface area contributed by atoms with Crippen LogP contribution in [0, 0.1) is 0 Å². The summed E-state index contributed by atoms with van der Waals surface area (Å²) in [6, 6.07) is 14.6. The molecule has 3 aromatic rings. The Morgan fingerprint density at radius 1 is 1.12 bits per heavy atom. The Hall–Kier alpha value is -2.92. The van der Waals surface area contributed by atoms with Crippen molar-refractivity contribution in [3.8, 4) is 0 Å². The Bertz CT molecular complexity index is 1110. The summed E-state index contributed by atoms with van der Waals surface area (Å²) in [5, 5.41) is 2.16. The largest absolute Gasteiger partial charge is 0.336 e.